The fourth-order valence-electron chi connectivity index (χ4n) is 1.90. The second-order valence-corrected chi connectivity index (χ2v) is 23.4. The van der Waals surface area contributed by atoms with Gasteiger partial charge in [0, 0.05) is 13.1 Å². The number of aromatic nitrogens is 2. The van der Waals surface area contributed by atoms with Gasteiger partial charge in [-0.15, -0.1) is 66.5 Å². The first-order valence-electron chi connectivity index (χ1n) is 6.58. The second-order valence-electron chi connectivity index (χ2n) is 4.86. The molecule has 0 fully saturated rings. The van der Waals surface area contributed by atoms with Crippen LogP contribution in [-0.4, -0.2) is 26.2 Å². The van der Waals surface area contributed by atoms with E-state index >= 15 is 0 Å². The highest BCUT2D eigenvalue weighted by atomic mass is 35.8. The quantitative estimate of drug-likeness (QED) is 0.456. The normalized spacial score (nSPS) is 12.6. The lowest BCUT2D eigenvalue weighted by molar-refractivity contribution is 0.386. The summed E-state index contributed by atoms with van der Waals surface area (Å²) in [5.74, 6) is -0.419. The Balaban J connectivity index is 2.90. The van der Waals surface area contributed by atoms with Gasteiger partial charge in [-0.25, -0.2) is 4.79 Å². The predicted molar refractivity (Wildman–Crippen MR) is 102 cm³/mol. The maximum absolute atomic E-state index is 12.3. The minimum Gasteiger partial charge on any atom is -0.494 e. The Labute approximate surface area is 162 Å². The molecule has 0 aliphatic rings. The van der Waals surface area contributed by atoms with Gasteiger partial charge in [0.05, 0.1) is 6.07 Å². The predicted octanol–water partition coefficient (Wildman–Crippen LogP) is 3.81. The van der Waals surface area contributed by atoms with Crippen molar-refractivity contribution in [3.05, 3.63) is 26.9 Å². The van der Waals surface area contributed by atoms with Crippen molar-refractivity contribution in [2.45, 2.75) is 38.0 Å². The highest BCUT2D eigenvalue weighted by Crippen LogP contribution is 2.27. The van der Waals surface area contributed by atoms with Gasteiger partial charge in [0.25, 0.3) is 5.56 Å². The molecule has 132 valence electrons. The van der Waals surface area contributed by atoms with E-state index < -0.39 is 29.1 Å². The zero-order chi connectivity index (χ0) is 17.8. The van der Waals surface area contributed by atoms with E-state index in [1.54, 1.807) is 0 Å². The van der Waals surface area contributed by atoms with Gasteiger partial charge in [0.1, 0.15) is 0 Å². The molecule has 13 heteroatoms. The molecule has 0 bridgehead atoms. The minimum atomic E-state index is -2.81. The summed E-state index contributed by atoms with van der Waals surface area (Å²) in [7, 11) is 0. The van der Waals surface area contributed by atoms with Crippen molar-refractivity contribution in [3.63, 3.8) is 0 Å². The van der Waals surface area contributed by atoms with E-state index in [-0.39, 0.29) is 13.1 Å². The molecule has 0 unspecified atom stereocenters. The number of rotatable bonds is 8. The first-order chi connectivity index (χ1) is 10.4. The van der Waals surface area contributed by atoms with Gasteiger partial charge in [-0.3, -0.25) is 13.9 Å². The molecule has 0 saturated carbocycles. The summed E-state index contributed by atoms with van der Waals surface area (Å²) < 4.78 is 2.07. The lowest BCUT2D eigenvalue weighted by Gasteiger charge is -2.13. The Kier molecular flexibility index (Phi) is 8.34. The number of hydrogen-bond donors (Lipinski definition) is 1. The van der Waals surface area contributed by atoms with Crippen LogP contribution in [0, 0.1) is 0 Å². The Morgan fingerprint density at radius 2 is 1.30 bits per heavy atom. The number of aromatic hydroxyl groups is 1. The van der Waals surface area contributed by atoms with E-state index in [0.717, 1.165) is 15.2 Å². The molecule has 0 radical (unpaired) electrons. The van der Waals surface area contributed by atoms with E-state index in [0.29, 0.717) is 24.9 Å². The van der Waals surface area contributed by atoms with Crippen molar-refractivity contribution < 1.29 is 5.11 Å². The van der Waals surface area contributed by atoms with Crippen LogP contribution in [0.15, 0.2) is 15.7 Å². The smallest absolute Gasteiger partial charge is 0.341 e. The zero-order valence-corrected chi connectivity index (χ0v) is 18.3. The lowest BCUT2D eigenvalue weighted by Crippen LogP contribution is -2.39. The van der Waals surface area contributed by atoms with Crippen LogP contribution in [0.2, 0.25) is 12.1 Å². The van der Waals surface area contributed by atoms with Crippen LogP contribution in [0.3, 0.4) is 0 Å². The molecule has 0 spiro atoms. The molecule has 1 N–H and O–H groups in total. The average molecular weight is 479 g/mol. The fourth-order valence-corrected chi connectivity index (χ4v) is 5.42. The second kappa shape index (κ2) is 8.85. The SMILES string of the molecule is O=c1cc(O)n(CCC[Si](Cl)(Cl)Cl)c(=O)n1CCC[Si](Cl)(Cl)Cl. The van der Waals surface area contributed by atoms with Gasteiger partial charge in [-0.05, 0) is 24.9 Å². The Morgan fingerprint density at radius 3 is 1.74 bits per heavy atom. The largest absolute Gasteiger partial charge is 0.494 e. The van der Waals surface area contributed by atoms with Crippen molar-refractivity contribution in [3.8, 4) is 5.88 Å². The van der Waals surface area contributed by atoms with Crippen molar-refractivity contribution in [1.82, 2.24) is 9.13 Å². The highest BCUT2D eigenvalue weighted by molar-refractivity contribution is 7.65. The van der Waals surface area contributed by atoms with E-state index in [9.17, 15) is 14.7 Å². The molecule has 0 aliphatic heterocycles. The molecule has 5 nitrogen and oxygen atoms in total. The molecule has 1 rings (SSSR count). The first-order valence-corrected chi connectivity index (χ1v) is 17.1. The topological polar surface area (TPSA) is 64.2 Å². The molecular formula is C10H14Cl6N2O3Si2. The summed E-state index contributed by atoms with van der Waals surface area (Å²) in [6.07, 6.45) is 0.777. The molecule has 0 saturated heterocycles. The van der Waals surface area contributed by atoms with Gasteiger partial charge in [-0.2, -0.15) is 0 Å². The molecule has 0 aromatic carbocycles. The Hall–Kier alpha value is 0.654. The van der Waals surface area contributed by atoms with Crippen molar-refractivity contribution in [2.75, 3.05) is 0 Å². The average Bonchev–Trinajstić information content (AvgIpc) is 2.34. The van der Waals surface area contributed by atoms with Crippen LogP contribution in [-0.2, 0) is 13.1 Å². The molecular weight excluding hydrogens is 465 g/mol. The Bertz CT molecular complexity index is 652. The van der Waals surface area contributed by atoms with Crippen LogP contribution in [0.4, 0.5) is 0 Å². The third-order valence-electron chi connectivity index (χ3n) is 2.94. The third kappa shape index (κ3) is 8.05. The fraction of sp³-hybridized carbons (Fsp3) is 0.600. The maximum Gasteiger partial charge on any atom is 0.341 e. The molecule has 1 heterocycles. The van der Waals surface area contributed by atoms with Gasteiger partial charge in [0.2, 0.25) is 5.88 Å². The van der Waals surface area contributed by atoms with Crippen molar-refractivity contribution in [2.24, 2.45) is 0 Å². The van der Waals surface area contributed by atoms with Gasteiger partial charge in [0.15, 0.2) is 0 Å². The van der Waals surface area contributed by atoms with Gasteiger partial charge >= 0.3 is 17.7 Å². The van der Waals surface area contributed by atoms with Crippen molar-refractivity contribution in [1.29, 1.82) is 0 Å². The molecule has 0 aliphatic carbocycles. The van der Waals surface area contributed by atoms with Crippen LogP contribution < -0.4 is 11.2 Å². The van der Waals surface area contributed by atoms with E-state index in [4.69, 9.17) is 66.5 Å². The number of hydrogen-bond acceptors (Lipinski definition) is 3. The third-order valence-corrected chi connectivity index (χ3v) is 8.18. The molecule has 0 atom stereocenters. The minimum absolute atomic E-state index is 0.109. The van der Waals surface area contributed by atoms with Crippen LogP contribution >= 0.6 is 66.5 Å². The Morgan fingerprint density at radius 1 is 0.870 bits per heavy atom. The first kappa shape index (κ1) is 21.7. The summed E-state index contributed by atoms with van der Waals surface area (Å²) in [6, 6.07) is -3.98. The van der Waals surface area contributed by atoms with Crippen LogP contribution in [0.1, 0.15) is 12.8 Å². The van der Waals surface area contributed by atoms with Gasteiger partial charge in [-0.1, -0.05) is 0 Å². The van der Waals surface area contributed by atoms with Crippen LogP contribution in [0.5, 0.6) is 5.88 Å². The van der Waals surface area contributed by atoms with Crippen molar-refractivity contribution >= 4 is 78.5 Å². The molecule has 0 amide bonds. The zero-order valence-electron chi connectivity index (χ0n) is 11.7. The molecule has 1 aromatic rings. The molecule has 1 aromatic heterocycles. The molecule has 23 heavy (non-hydrogen) atoms. The lowest BCUT2D eigenvalue weighted by atomic mass is 10.4. The van der Waals surface area contributed by atoms with Crippen LogP contribution in [0.25, 0.3) is 0 Å². The highest BCUT2D eigenvalue weighted by Gasteiger charge is 2.25. The van der Waals surface area contributed by atoms with E-state index in [2.05, 4.69) is 0 Å². The van der Waals surface area contributed by atoms with E-state index in [1.165, 1.54) is 0 Å². The summed E-state index contributed by atoms with van der Waals surface area (Å²) in [4.78, 5) is 24.2. The maximum atomic E-state index is 12.3. The number of nitrogens with zero attached hydrogens (tertiary/aromatic N) is 2. The summed E-state index contributed by atoms with van der Waals surface area (Å²) >= 11 is 34.6. The standard InChI is InChI=1S/C10H14Cl6N2O3Si2/c11-22(12,13)5-1-3-17-8(19)7-9(20)18(10(17)21)4-2-6-23(14,15)16/h7,19H,1-6H2. The van der Waals surface area contributed by atoms with E-state index in [1.807, 2.05) is 0 Å². The summed E-state index contributed by atoms with van der Waals surface area (Å²) in [5, 5.41) is 9.79. The summed E-state index contributed by atoms with van der Waals surface area (Å²) in [5.41, 5.74) is -1.24. The summed E-state index contributed by atoms with van der Waals surface area (Å²) in [6.45, 7) is 0.253. The van der Waals surface area contributed by atoms with Gasteiger partial charge < -0.3 is 5.11 Å². The number of halogens is 6. The monoisotopic (exact) mass is 476 g/mol.